The van der Waals surface area contributed by atoms with Gasteiger partial charge in [-0.1, -0.05) is 55.8 Å². The van der Waals surface area contributed by atoms with Crippen molar-refractivity contribution in [2.24, 2.45) is 28.8 Å². The number of hydrogen-bond donors (Lipinski definition) is 1. The molecule has 0 aromatic heterocycles. The molecule has 0 amide bonds. The van der Waals surface area contributed by atoms with E-state index in [4.69, 9.17) is 9.57 Å². The van der Waals surface area contributed by atoms with Crippen molar-refractivity contribution in [3.63, 3.8) is 0 Å². The molecule has 1 aliphatic heterocycles. The summed E-state index contributed by atoms with van der Waals surface area (Å²) in [5, 5.41) is 13.7. The standard InChI is InChI=1S/C25H35NO5/c1-17(2)10-11-19-12-13-21(27)23-24(26-31-25(19)23)20(15-22(28)29)9-6-14-30-16-18-7-4-3-5-8-18/h3-5,7-8,17,19-20,23,25H,6,9-16H2,1-2H3,(H,28,29)/t19?,20-,23?,25?/m0/s1. The molecule has 1 fully saturated rings. The van der Waals surface area contributed by atoms with Crippen molar-refractivity contribution in [1.82, 2.24) is 0 Å². The van der Waals surface area contributed by atoms with Gasteiger partial charge in [0.2, 0.25) is 0 Å². The first kappa shape index (κ1) is 23.5. The van der Waals surface area contributed by atoms with E-state index in [-0.39, 0.29) is 30.1 Å². The third-order valence-electron chi connectivity index (χ3n) is 6.41. The summed E-state index contributed by atoms with van der Waals surface area (Å²) in [5.74, 6) is -0.473. The molecule has 2 aliphatic rings. The van der Waals surface area contributed by atoms with Gasteiger partial charge in [0.25, 0.3) is 0 Å². The smallest absolute Gasteiger partial charge is 0.304 e. The number of carbonyl (C=O) groups is 2. The molecule has 1 heterocycles. The van der Waals surface area contributed by atoms with Crippen LogP contribution < -0.4 is 0 Å². The largest absolute Gasteiger partial charge is 0.481 e. The summed E-state index contributed by atoms with van der Waals surface area (Å²) in [6.45, 7) is 5.48. The summed E-state index contributed by atoms with van der Waals surface area (Å²) in [4.78, 5) is 30.0. The molecule has 0 radical (unpaired) electrons. The van der Waals surface area contributed by atoms with E-state index in [0.717, 1.165) is 24.8 Å². The van der Waals surface area contributed by atoms with Gasteiger partial charge in [0, 0.05) is 24.9 Å². The average Bonchev–Trinajstić information content (AvgIpc) is 3.19. The zero-order valence-corrected chi connectivity index (χ0v) is 18.7. The van der Waals surface area contributed by atoms with Crippen LogP contribution in [0.2, 0.25) is 0 Å². The fourth-order valence-electron chi connectivity index (χ4n) is 4.71. The lowest BCUT2D eigenvalue weighted by atomic mass is 9.71. The number of oxime groups is 1. The molecular weight excluding hydrogens is 394 g/mol. The Balaban J connectivity index is 1.56. The minimum atomic E-state index is -0.874. The molecule has 1 aliphatic carbocycles. The number of hydrogen-bond acceptors (Lipinski definition) is 5. The number of ether oxygens (including phenoxy) is 1. The maximum Gasteiger partial charge on any atom is 0.304 e. The number of rotatable bonds is 12. The van der Waals surface area contributed by atoms with Crippen molar-refractivity contribution in [3.8, 4) is 0 Å². The Kier molecular flexibility index (Phi) is 8.64. The molecule has 6 nitrogen and oxygen atoms in total. The van der Waals surface area contributed by atoms with Crippen LogP contribution in [0.4, 0.5) is 0 Å². The monoisotopic (exact) mass is 429 g/mol. The summed E-state index contributed by atoms with van der Waals surface area (Å²) < 4.78 is 5.75. The average molecular weight is 430 g/mol. The van der Waals surface area contributed by atoms with E-state index in [1.807, 2.05) is 30.3 Å². The zero-order valence-electron chi connectivity index (χ0n) is 18.7. The molecule has 1 aromatic rings. The van der Waals surface area contributed by atoms with E-state index >= 15 is 0 Å². The number of carboxylic acid groups (broad SMARTS) is 1. The molecule has 0 bridgehead atoms. The van der Waals surface area contributed by atoms with Crippen LogP contribution in [-0.4, -0.2) is 35.3 Å². The number of Topliss-reactive ketones (excluding diaryl/α,β-unsaturated/α-hetero) is 1. The van der Waals surface area contributed by atoms with Gasteiger partial charge in [-0.05, 0) is 37.2 Å². The maximum atomic E-state index is 12.8. The Morgan fingerprint density at radius 2 is 2.03 bits per heavy atom. The third-order valence-corrected chi connectivity index (χ3v) is 6.41. The van der Waals surface area contributed by atoms with Gasteiger partial charge in [0.15, 0.2) is 0 Å². The number of benzene rings is 1. The lowest BCUT2D eigenvalue weighted by Gasteiger charge is -2.32. The predicted molar refractivity (Wildman–Crippen MR) is 119 cm³/mol. The molecular formula is C25H35NO5. The van der Waals surface area contributed by atoms with Crippen molar-refractivity contribution in [1.29, 1.82) is 0 Å². The maximum absolute atomic E-state index is 12.8. The molecule has 170 valence electrons. The Morgan fingerprint density at radius 3 is 2.74 bits per heavy atom. The quantitative estimate of drug-likeness (QED) is 0.480. The Bertz CT molecular complexity index is 760. The highest BCUT2D eigenvalue weighted by atomic mass is 16.6. The molecule has 4 atom stereocenters. The fourth-order valence-corrected chi connectivity index (χ4v) is 4.71. The van der Waals surface area contributed by atoms with E-state index in [9.17, 15) is 14.7 Å². The van der Waals surface area contributed by atoms with Crippen LogP contribution in [0.3, 0.4) is 0 Å². The van der Waals surface area contributed by atoms with Crippen molar-refractivity contribution in [2.45, 2.75) is 71.5 Å². The molecule has 0 saturated heterocycles. The van der Waals surface area contributed by atoms with Gasteiger partial charge in [-0.3, -0.25) is 9.59 Å². The van der Waals surface area contributed by atoms with E-state index in [0.29, 0.717) is 50.0 Å². The number of carbonyl (C=O) groups excluding carboxylic acids is 1. The molecule has 1 saturated carbocycles. The molecule has 3 rings (SSSR count). The first-order valence-corrected chi connectivity index (χ1v) is 11.6. The van der Waals surface area contributed by atoms with E-state index < -0.39 is 5.97 Å². The minimum Gasteiger partial charge on any atom is -0.481 e. The van der Waals surface area contributed by atoms with Crippen LogP contribution in [0.15, 0.2) is 35.5 Å². The third kappa shape index (κ3) is 6.63. The predicted octanol–water partition coefficient (Wildman–Crippen LogP) is 4.86. The van der Waals surface area contributed by atoms with Crippen LogP contribution >= 0.6 is 0 Å². The number of aliphatic carboxylic acids is 1. The molecule has 6 heteroatoms. The summed E-state index contributed by atoms with van der Waals surface area (Å²) in [6.07, 6.45) is 4.57. The van der Waals surface area contributed by atoms with Crippen LogP contribution in [0.25, 0.3) is 0 Å². The minimum absolute atomic E-state index is 0.0337. The summed E-state index contributed by atoms with van der Waals surface area (Å²) in [7, 11) is 0. The highest BCUT2D eigenvalue weighted by molar-refractivity contribution is 6.08. The molecule has 1 N–H and O–H groups in total. The first-order chi connectivity index (χ1) is 15.0. The molecule has 1 aromatic carbocycles. The van der Waals surface area contributed by atoms with Crippen molar-refractivity contribution >= 4 is 17.5 Å². The zero-order chi connectivity index (χ0) is 22.2. The van der Waals surface area contributed by atoms with Crippen LogP contribution in [0.5, 0.6) is 0 Å². The number of carboxylic acids is 1. The van der Waals surface area contributed by atoms with Crippen molar-refractivity contribution in [3.05, 3.63) is 35.9 Å². The van der Waals surface area contributed by atoms with E-state index in [2.05, 4.69) is 19.0 Å². The van der Waals surface area contributed by atoms with Gasteiger partial charge in [-0.2, -0.15) is 0 Å². The normalized spacial score (nSPS) is 23.9. The van der Waals surface area contributed by atoms with Crippen LogP contribution in [-0.2, 0) is 25.8 Å². The summed E-state index contributed by atoms with van der Waals surface area (Å²) in [6, 6.07) is 9.96. The van der Waals surface area contributed by atoms with Gasteiger partial charge in [0.1, 0.15) is 11.9 Å². The molecule has 31 heavy (non-hydrogen) atoms. The number of ketones is 1. The number of nitrogens with zero attached hydrogens (tertiary/aromatic N) is 1. The Morgan fingerprint density at radius 1 is 1.26 bits per heavy atom. The van der Waals surface area contributed by atoms with Gasteiger partial charge >= 0.3 is 5.97 Å². The van der Waals surface area contributed by atoms with Crippen LogP contribution in [0, 0.1) is 23.7 Å². The van der Waals surface area contributed by atoms with E-state index in [1.54, 1.807) is 0 Å². The van der Waals surface area contributed by atoms with Gasteiger partial charge in [-0.15, -0.1) is 0 Å². The van der Waals surface area contributed by atoms with Crippen molar-refractivity contribution < 1.29 is 24.3 Å². The fraction of sp³-hybridized carbons (Fsp3) is 0.640. The van der Waals surface area contributed by atoms with Gasteiger partial charge in [-0.25, -0.2) is 0 Å². The SMILES string of the molecule is CC(C)CCC1CCC(=O)C2C([C@@H](CCCOCc3ccccc3)CC(=O)O)=NOC12. The topological polar surface area (TPSA) is 85.2 Å². The second-order valence-electron chi connectivity index (χ2n) is 9.28. The van der Waals surface area contributed by atoms with Crippen LogP contribution in [0.1, 0.15) is 64.4 Å². The van der Waals surface area contributed by atoms with Gasteiger partial charge in [0.05, 0.1) is 24.7 Å². The highest BCUT2D eigenvalue weighted by Crippen LogP contribution is 2.40. The second kappa shape index (κ2) is 11.4. The van der Waals surface area contributed by atoms with Crippen molar-refractivity contribution in [2.75, 3.05) is 6.61 Å². The lowest BCUT2D eigenvalue weighted by Crippen LogP contribution is -2.43. The highest BCUT2D eigenvalue weighted by Gasteiger charge is 2.48. The first-order valence-electron chi connectivity index (χ1n) is 11.6. The summed E-state index contributed by atoms with van der Waals surface area (Å²) in [5.41, 5.74) is 1.76. The van der Waals surface area contributed by atoms with E-state index in [1.165, 1.54) is 0 Å². The lowest BCUT2D eigenvalue weighted by molar-refractivity contribution is -0.138. The molecule has 3 unspecified atom stereocenters. The number of fused-ring (bicyclic) bond motifs is 1. The van der Waals surface area contributed by atoms with Gasteiger partial charge < -0.3 is 14.7 Å². The second-order valence-corrected chi connectivity index (χ2v) is 9.28. The Labute approximate surface area is 185 Å². The Hall–Kier alpha value is -2.21. The summed E-state index contributed by atoms with van der Waals surface area (Å²) >= 11 is 0. The molecule has 0 spiro atoms.